The van der Waals surface area contributed by atoms with Crippen LogP contribution in [-0.2, 0) is 10.3 Å². The van der Waals surface area contributed by atoms with E-state index in [-0.39, 0.29) is 10.7 Å². The van der Waals surface area contributed by atoms with Gasteiger partial charge in [0, 0.05) is 16.1 Å². The van der Waals surface area contributed by atoms with Crippen LogP contribution in [0.3, 0.4) is 0 Å². The SMILES string of the molecule is O=C1Nc2ccc(Cl)cc2[C@@](C#CC#Cc2ccccc2)(C(F)(F)F)O1. The first-order valence-electron chi connectivity index (χ1n) is 7.27. The van der Waals surface area contributed by atoms with Gasteiger partial charge >= 0.3 is 12.3 Å². The highest BCUT2D eigenvalue weighted by Gasteiger charge is 2.62. The molecule has 0 unspecified atom stereocenters. The summed E-state index contributed by atoms with van der Waals surface area (Å²) in [4.78, 5) is 11.7. The summed E-state index contributed by atoms with van der Waals surface area (Å²) in [6.45, 7) is 0. The normalized spacial score (nSPS) is 18.2. The summed E-state index contributed by atoms with van der Waals surface area (Å²) in [5, 5.41) is 2.26. The van der Waals surface area contributed by atoms with Crippen LogP contribution in [0.1, 0.15) is 11.1 Å². The minimum Gasteiger partial charge on any atom is -0.415 e. The number of rotatable bonds is 0. The number of cyclic esters (lactones) is 1. The van der Waals surface area contributed by atoms with Crippen molar-refractivity contribution in [3.63, 3.8) is 0 Å². The zero-order chi connectivity index (χ0) is 18.8. The molecule has 130 valence electrons. The van der Waals surface area contributed by atoms with Crippen LogP contribution >= 0.6 is 11.6 Å². The molecule has 0 bridgehead atoms. The van der Waals surface area contributed by atoms with Gasteiger partial charge in [-0.15, -0.1) is 0 Å². The van der Waals surface area contributed by atoms with Crippen molar-refractivity contribution in [1.29, 1.82) is 0 Å². The second-order valence-corrected chi connectivity index (χ2v) is 5.69. The lowest BCUT2D eigenvalue weighted by atomic mass is 9.90. The maximum atomic E-state index is 13.8. The van der Waals surface area contributed by atoms with Crippen molar-refractivity contribution >= 4 is 23.4 Å². The number of ether oxygens (including phenoxy) is 1. The summed E-state index contributed by atoms with van der Waals surface area (Å²) < 4.78 is 46.1. The summed E-state index contributed by atoms with van der Waals surface area (Å²) >= 11 is 5.82. The minimum atomic E-state index is -4.99. The monoisotopic (exact) mass is 375 g/mol. The second-order valence-electron chi connectivity index (χ2n) is 5.25. The highest BCUT2D eigenvalue weighted by molar-refractivity contribution is 6.30. The molecule has 1 atom stereocenters. The van der Waals surface area contributed by atoms with E-state index < -0.39 is 23.4 Å². The van der Waals surface area contributed by atoms with E-state index in [0.717, 1.165) is 6.07 Å². The van der Waals surface area contributed by atoms with Crippen LogP contribution in [0.15, 0.2) is 48.5 Å². The molecule has 1 aliphatic rings. The van der Waals surface area contributed by atoms with Crippen molar-refractivity contribution < 1.29 is 22.7 Å². The highest BCUT2D eigenvalue weighted by Crippen LogP contribution is 2.47. The number of halogens is 4. The van der Waals surface area contributed by atoms with Gasteiger partial charge in [-0.25, -0.2) is 4.79 Å². The van der Waals surface area contributed by atoms with Crippen LogP contribution in [0.2, 0.25) is 5.02 Å². The molecule has 0 fully saturated rings. The number of hydrogen-bond donors (Lipinski definition) is 1. The van der Waals surface area contributed by atoms with E-state index in [0.29, 0.717) is 5.56 Å². The smallest absolute Gasteiger partial charge is 0.415 e. The first-order chi connectivity index (χ1) is 12.3. The molecule has 0 saturated heterocycles. The third-order valence-electron chi connectivity index (χ3n) is 3.52. The molecule has 1 amide bonds. The predicted molar refractivity (Wildman–Crippen MR) is 90.4 cm³/mol. The number of alkyl halides is 3. The Morgan fingerprint density at radius 3 is 2.50 bits per heavy atom. The molecule has 2 aromatic carbocycles. The molecule has 2 aromatic rings. The van der Waals surface area contributed by atoms with Gasteiger partial charge in [-0.3, -0.25) is 5.32 Å². The Balaban J connectivity index is 2.11. The number of fused-ring (bicyclic) bond motifs is 1. The van der Waals surface area contributed by atoms with Gasteiger partial charge in [0.25, 0.3) is 5.60 Å². The summed E-state index contributed by atoms with van der Waals surface area (Å²) in [7, 11) is 0. The van der Waals surface area contributed by atoms with E-state index >= 15 is 0 Å². The highest BCUT2D eigenvalue weighted by atomic mass is 35.5. The van der Waals surface area contributed by atoms with Gasteiger partial charge in [0.2, 0.25) is 0 Å². The van der Waals surface area contributed by atoms with Gasteiger partial charge in [0.05, 0.1) is 5.69 Å². The molecule has 1 N–H and O–H groups in total. The quantitative estimate of drug-likeness (QED) is 0.677. The molecule has 0 spiro atoms. The van der Waals surface area contributed by atoms with Crippen LogP contribution in [0.4, 0.5) is 23.7 Å². The van der Waals surface area contributed by atoms with E-state index in [9.17, 15) is 18.0 Å². The fraction of sp³-hybridized carbons (Fsp3) is 0.105. The molecule has 0 aliphatic carbocycles. The third kappa shape index (κ3) is 3.33. The number of nitrogens with one attached hydrogen (secondary N) is 1. The third-order valence-corrected chi connectivity index (χ3v) is 3.76. The standard InChI is InChI=1S/C19H9ClF3NO2/c20-14-9-10-16-15(12-14)18(19(21,22)23,26-17(25)24-16)11-5-4-8-13-6-2-1-3-7-13/h1-3,6-7,9-10,12H,(H,24,25)/t18-/m0/s1. The lowest BCUT2D eigenvalue weighted by Crippen LogP contribution is -2.49. The number of carbonyl (C=O) groups is 1. The maximum Gasteiger partial charge on any atom is 0.445 e. The van der Waals surface area contributed by atoms with Crippen LogP contribution < -0.4 is 5.32 Å². The summed E-state index contributed by atoms with van der Waals surface area (Å²) in [6.07, 6.45) is -6.26. The largest absolute Gasteiger partial charge is 0.445 e. The van der Waals surface area contributed by atoms with Crippen LogP contribution in [0, 0.1) is 23.7 Å². The Kier molecular flexibility index (Phi) is 4.54. The molecule has 26 heavy (non-hydrogen) atoms. The second kappa shape index (κ2) is 6.67. The van der Waals surface area contributed by atoms with Gasteiger partial charge in [-0.2, -0.15) is 13.2 Å². The average molecular weight is 376 g/mol. The average Bonchev–Trinajstić information content (AvgIpc) is 2.59. The van der Waals surface area contributed by atoms with Gasteiger partial charge in [0.15, 0.2) is 0 Å². The fourth-order valence-corrected chi connectivity index (χ4v) is 2.54. The first-order valence-corrected chi connectivity index (χ1v) is 7.64. The Bertz CT molecular complexity index is 981. The molecular formula is C19H9ClF3NO2. The number of carbonyl (C=O) groups excluding carboxylic acids is 1. The fourth-order valence-electron chi connectivity index (χ4n) is 2.36. The molecule has 0 aromatic heterocycles. The van der Waals surface area contributed by atoms with Gasteiger partial charge in [0.1, 0.15) is 0 Å². The number of anilines is 1. The zero-order valence-electron chi connectivity index (χ0n) is 12.9. The molecule has 7 heteroatoms. The van der Waals surface area contributed by atoms with Crippen LogP contribution in [-0.4, -0.2) is 12.3 Å². The number of benzene rings is 2. The molecule has 1 aliphatic heterocycles. The van der Waals surface area contributed by atoms with Crippen molar-refractivity contribution in [2.75, 3.05) is 5.32 Å². The Labute approximate surface area is 152 Å². The topological polar surface area (TPSA) is 38.3 Å². The number of hydrogen-bond acceptors (Lipinski definition) is 2. The molecular weight excluding hydrogens is 367 g/mol. The zero-order valence-corrected chi connectivity index (χ0v) is 13.7. The first kappa shape index (κ1) is 17.7. The minimum absolute atomic E-state index is 0.0503. The van der Waals surface area contributed by atoms with Gasteiger partial charge < -0.3 is 4.74 Å². The molecule has 0 radical (unpaired) electrons. The number of amides is 1. The van der Waals surface area contributed by atoms with Crippen molar-refractivity contribution in [3.05, 3.63) is 64.7 Å². The van der Waals surface area contributed by atoms with Crippen molar-refractivity contribution in [3.8, 4) is 23.7 Å². The molecule has 0 saturated carbocycles. The van der Waals surface area contributed by atoms with Crippen molar-refractivity contribution in [2.45, 2.75) is 11.8 Å². The summed E-state index contributed by atoms with van der Waals surface area (Å²) in [6, 6.07) is 12.3. The van der Waals surface area contributed by atoms with Crippen LogP contribution in [0.25, 0.3) is 0 Å². The Morgan fingerprint density at radius 2 is 1.81 bits per heavy atom. The van der Waals surface area contributed by atoms with Gasteiger partial charge in [-0.05, 0) is 48.1 Å². The lowest BCUT2D eigenvalue weighted by Gasteiger charge is -2.35. The van der Waals surface area contributed by atoms with Gasteiger partial charge in [-0.1, -0.05) is 35.7 Å². The van der Waals surface area contributed by atoms with Crippen molar-refractivity contribution in [1.82, 2.24) is 0 Å². The van der Waals surface area contributed by atoms with Crippen LogP contribution in [0.5, 0.6) is 0 Å². The van der Waals surface area contributed by atoms with E-state index in [1.165, 1.54) is 12.1 Å². The van der Waals surface area contributed by atoms with E-state index in [2.05, 4.69) is 27.8 Å². The molecule has 1 heterocycles. The predicted octanol–water partition coefficient (Wildman–Crippen LogP) is 4.71. The summed E-state index contributed by atoms with van der Waals surface area (Å²) in [5.41, 5.74) is -3.03. The Morgan fingerprint density at radius 1 is 1.08 bits per heavy atom. The van der Waals surface area contributed by atoms with E-state index in [1.807, 2.05) is 5.92 Å². The molecule has 3 nitrogen and oxygen atoms in total. The van der Waals surface area contributed by atoms with E-state index in [1.54, 1.807) is 30.3 Å². The summed E-state index contributed by atoms with van der Waals surface area (Å²) in [5.74, 6) is 9.10. The lowest BCUT2D eigenvalue weighted by molar-refractivity contribution is -0.239. The maximum absolute atomic E-state index is 13.8. The van der Waals surface area contributed by atoms with Crippen molar-refractivity contribution in [2.24, 2.45) is 0 Å². The van der Waals surface area contributed by atoms with E-state index in [4.69, 9.17) is 11.6 Å². The molecule has 3 rings (SSSR count). The Hall–Kier alpha value is -3.09.